The van der Waals surface area contributed by atoms with Gasteiger partial charge in [-0.15, -0.1) is 0 Å². The van der Waals surface area contributed by atoms with Crippen molar-refractivity contribution in [2.24, 2.45) is 0 Å². The lowest BCUT2D eigenvalue weighted by Gasteiger charge is -2.41. The molecule has 0 amide bonds. The average Bonchev–Trinajstić information content (AvgIpc) is 2.51. The van der Waals surface area contributed by atoms with Gasteiger partial charge in [-0.05, 0) is 5.56 Å². The third-order valence-electron chi connectivity index (χ3n) is 3.37. The Balaban J connectivity index is 2.13. The molecule has 0 unspecified atom stereocenters. The first-order chi connectivity index (χ1) is 10.8. The third-order valence-corrected chi connectivity index (χ3v) is 3.94. The van der Waals surface area contributed by atoms with Gasteiger partial charge < -0.3 is 24.8 Å². The molecule has 1 aliphatic rings. The molecule has 3 N–H and O–H groups in total. The maximum atomic E-state index is 11.3. The highest BCUT2D eigenvalue weighted by atomic mass is 32.2. The van der Waals surface area contributed by atoms with Crippen LogP contribution in [0.5, 0.6) is 0 Å². The Bertz CT molecular complexity index is 590. The van der Waals surface area contributed by atoms with Crippen LogP contribution in [0.15, 0.2) is 30.3 Å². The average molecular weight is 348 g/mol. The molecule has 0 radical (unpaired) electrons. The van der Waals surface area contributed by atoms with E-state index in [1.807, 2.05) is 6.07 Å². The highest BCUT2D eigenvalue weighted by molar-refractivity contribution is 7.86. The topological polar surface area (TPSA) is 123 Å². The molecule has 1 fully saturated rings. The summed E-state index contributed by atoms with van der Waals surface area (Å²) in [6.45, 7) is -0.481. The van der Waals surface area contributed by atoms with Crippen LogP contribution in [0, 0.1) is 0 Å². The van der Waals surface area contributed by atoms with Crippen LogP contribution in [0.3, 0.4) is 0 Å². The fourth-order valence-electron chi connectivity index (χ4n) is 2.25. The van der Waals surface area contributed by atoms with E-state index in [2.05, 4.69) is 0 Å². The van der Waals surface area contributed by atoms with E-state index in [-0.39, 0.29) is 6.61 Å². The number of benzene rings is 1. The molecule has 23 heavy (non-hydrogen) atoms. The quantitative estimate of drug-likeness (QED) is 0.559. The van der Waals surface area contributed by atoms with E-state index >= 15 is 0 Å². The van der Waals surface area contributed by atoms with Crippen molar-refractivity contribution in [1.29, 1.82) is 0 Å². The number of aliphatic hydroxyl groups is 3. The molecule has 1 heterocycles. The van der Waals surface area contributed by atoms with Gasteiger partial charge in [-0.2, -0.15) is 8.42 Å². The standard InChI is InChI=1S/C14H20O8S/c1-23(18,19)22-13-12(17)11(16)10(7-15)21-14(13)20-8-9-5-3-2-4-6-9/h2-6,10-17H,7-8H2,1H3/t10-,11+,12+,13-,14-/m0/s1. The fourth-order valence-corrected chi connectivity index (χ4v) is 2.86. The van der Waals surface area contributed by atoms with Gasteiger partial charge in [0.15, 0.2) is 12.4 Å². The van der Waals surface area contributed by atoms with Crippen molar-refractivity contribution in [3.63, 3.8) is 0 Å². The summed E-state index contributed by atoms with van der Waals surface area (Å²) in [4.78, 5) is 0. The Kier molecular flexibility index (Phi) is 6.09. The zero-order chi connectivity index (χ0) is 17.0. The van der Waals surface area contributed by atoms with Crippen LogP contribution < -0.4 is 0 Å². The smallest absolute Gasteiger partial charge is 0.264 e. The summed E-state index contributed by atoms with van der Waals surface area (Å²) in [6, 6.07) is 9.03. The first-order valence-electron chi connectivity index (χ1n) is 6.98. The minimum atomic E-state index is -3.91. The highest BCUT2D eigenvalue weighted by Gasteiger charge is 2.47. The van der Waals surface area contributed by atoms with Gasteiger partial charge in [0.05, 0.1) is 19.5 Å². The summed E-state index contributed by atoms with van der Waals surface area (Å²) in [5.74, 6) is 0. The molecule has 0 aromatic heterocycles. The van der Waals surface area contributed by atoms with Crippen LogP contribution in [0.25, 0.3) is 0 Å². The molecule has 130 valence electrons. The van der Waals surface area contributed by atoms with Crippen molar-refractivity contribution in [3.05, 3.63) is 35.9 Å². The minimum Gasteiger partial charge on any atom is -0.394 e. The van der Waals surface area contributed by atoms with Gasteiger partial charge in [-0.1, -0.05) is 30.3 Å². The Morgan fingerprint density at radius 1 is 1.17 bits per heavy atom. The Morgan fingerprint density at radius 2 is 1.83 bits per heavy atom. The van der Waals surface area contributed by atoms with Crippen LogP contribution in [0.4, 0.5) is 0 Å². The van der Waals surface area contributed by atoms with Crippen molar-refractivity contribution >= 4 is 10.1 Å². The Morgan fingerprint density at radius 3 is 2.39 bits per heavy atom. The lowest BCUT2D eigenvalue weighted by Crippen LogP contribution is -2.60. The third kappa shape index (κ3) is 4.95. The van der Waals surface area contributed by atoms with Crippen molar-refractivity contribution in [2.75, 3.05) is 12.9 Å². The molecule has 8 nitrogen and oxygen atoms in total. The summed E-state index contributed by atoms with van der Waals surface area (Å²) in [7, 11) is -3.91. The minimum absolute atomic E-state index is 0.0795. The fraction of sp³-hybridized carbons (Fsp3) is 0.571. The van der Waals surface area contributed by atoms with Crippen molar-refractivity contribution in [1.82, 2.24) is 0 Å². The molecule has 2 rings (SSSR count). The van der Waals surface area contributed by atoms with Crippen LogP contribution in [-0.2, 0) is 30.4 Å². The second-order valence-electron chi connectivity index (χ2n) is 5.27. The summed E-state index contributed by atoms with van der Waals surface area (Å²) >= 11 is 0. The van der Waals surface area contributed by atoms with Crippen molar-refractivity contribution < 1.29 is 37.4 Å². The van der Waals surface area contributed by atoms with E-state index in [0.717, 1.165) is 11.8 Å². The monoisotopic (exact) mass is 348 g/mol. The second kappa shape index (κ2) is 7.67. The molecule has 0 spiro atoms. The highest BCUT2D eigenvalue weighted by Crippen LogP contribution is 2.26. The molecule has 0 saturated carbocycles. The number of ether oxygens (including phenoxy) is 2. The molecular weight excluding hydrogens is 328 g/mol. The number of rotatable bonds is 6. The van der Waals surface area contributed by atoms with Gasteiger partial charge in [-0.3, -0.25) is 4.18 Å². The van der Waals surface area contributed by atoms with Gasteiger partial charge in [0.2, 0.25) is 0 Å². The number of hydrogen-bond acceptors (Lipinski definition) is 8. The summed E-state index contributed by atoms with van der Waals surface area (Å²) < 4.78 is 38.3. The lowest BCUT2D eigenvalue weighted by molar-refractivity contribution is -0.297. The lowest BCUT2D eigenvalue weighted by atomic mass is 9.99. The SMILES string of the molecule is CS(=O)(=O)O[C@@H]1[C@@H](OCc2ccccc2)O[C@@H](CO)[C@@H](O)[C@H]1O. The van der Waals surface area contributed by atoms with E-state index in [1.165, 1.54) is 0 Å². The number of aliphatic hydroxyl groups excluding tert-OH is 3. The molecule has 5 atom stereocenters. The van der Waals surface area contributed by atoms with Crippen molar-refractivity contribution in [2.45, 2.75) is 37.3 Å². The molecule has 1 saturated heterocycles. The van der Waals surface area contributed by atoms with Crippen LogP contribution in [-0.4, -0.2) is 67.3 Å². The van der Waals surface area contributed by atoms with Gasteiger partial charge in [0.25, 0.3) is 10.1 Å². The summed E-state index contributed by atoms with van der Waals surface area (Å²) in [5, 5.41) is 29.1. The predicted octanol–water partition coefficient (Wildman–Crippen LogP) is -1.01. The van der Waals surface area contributed by atoms with E-state index in [1.54, 1.807) is 24.3 Å². The van der Waals surface area contributed by atoms with E-state index in [0.29, 0.717) is 0 Å². The van der Waals surface area contributed by atoms with Crippen LogP contribution >= 0.6 is 0 Å². The summed E-state index contributed by atoms with van der Waals surface area (Å²) in [6.07, 6.45) is -6.07. The van der Waals surface area contributed by atoms with E-state index in [4.69, 9.17) is 13.7 Å². The first-order valence-corrected chi connectivity index (χ1v) is 8.79. The Labute approximate surface area is 134 Å². The number of hydrogen-bond donors (Lipinski definition) is 3. The maximum absolute atomic E-state index is 11.3. The first kappa shape index (κ1) is 18.3. The van der Waals surface area contributed by atoms with Crippen molar-refractivity contribution in [3.8, 4) is 0 Å². The molecule has 1 aliphatic heterocycles. The largest absolute Gasteiger partial charge is 0.394 e. The van der Waals surface area contributed by atoms with E-state index in [9.17, 15) is 23.7 Å². The van der Waals surface area contributed by atoms with Gasteiger partial charge >= 0.3 is 0 Å². The van der Waals surface area contributed by atoms with Crippen LogP contribution in [0.1, 0.15) is 5.56 Å². The molecule has 9 heteroatoms. The predicted molar refractivity (Wildman–Crippen MR) is 78.7 cm³/mol. The van der Waals surface area contributed by atoms with Crippen LogP contribution in [0.2, 0.25) is 0 Å². The van der Waals surface area contributed by atoms with Gasteiger partial charge in [0, 0.05) is 0 Å². The second-order valence-corrected chi connectivity index (χ2v) is 6.87. The van der Waals surface area contributed by atoms with Gasteiger partial charge in [0.1, 0.15) is 18.3 Å². The molecule has 1 aromatic carbocycles. The zero-order valence-electron chi connectivity index (χ0n) is 12.5. The summed E-state index contributed by atoms with van der Waals surface area (Å²) in [5.41, 5.74) is 0.801. The molecule has 1 aromatic rings. The molecule has 0 bridgehead atoms. The van der Waals surface area contributed by atoms with Gasteiger partial charge in [-0.25, -0.2) is 0 Å². The Hall–Kier alpha value is -1.07. The maximum Gasteiger partial charge on any atom is 0.264 e. The van der Waals surface area contributed by atoms with E-state index < -0.39 is 47.4 Å². The molecular formula is C14H20O8S. The zero-order valence-corrected chi connectivity index (χ0v) is 13.3. The molecule has 0 aliphatic carbocycles. The normalized spacial score (nSPS) is 31.9.